The molecule has 0 fully saturated rings. The third-order valence-corrected chi connectivity index (χ3v) is 2.77. The first-order chi connectivity index (χ1) is 7.72. The lowest BCUT2D eigenvalue weighted by Gasteiger charge is -2.06. The van der Waals surface area contributed by atoms with Crippen molar-refractivity contribution in [1.82, 2.24) is 9.97 Å². The van der Waals surface area contributed by atoms with Crippen molar-refractivity contribution in [2.45, 2.75) is 12.5 Å². The van der Waals surface area contributed by atoms with Gasteiger partial charge in [-0.25, -0.2) is 4.98 Å². The number of hydrogen-bond donors (Lipinski definition) is 2. The average Bonchev–Trinajstić information content (AvgIpc) is 2.71. The molecular formula is C11H14ClN3O. The minimum Gasteiger partial charge on any atom is -0.385 e. The first kappa shape index (κ1) is 11.4. The Balaban J connectivity index is 2.29. The fraction of sp³-hybridized carbons (Fsp3) is 0.364. The van der Waals surface area contributed by atoms with Crippen LogP contribution in [0.4, 0.5) is 0 Å². The Labute approximate surface area is 98.8 Å². The Morgan fingerprint density at radius 2 is 2.38 bits per heavy atom. The van der Waals surface area contributed by atoms with E-state index < -0.39 is 0 Å². The summed E-state index contributed by atoms with van der Waals surface area (Å²) in [7, 11) is 1.65. The molecule has 0 aliphatic heterocycles. The van der Waals surface area contributed by atoms with Crippen LogP contribution in [-0.2, 0) is 4.74 Å². The van der Waals surface area contributed by atoms with Crippen LogP contribution in [0.3, 0.4) is 0 Å². The largest absolute Gasteiger partial charge is 0.385 e. The molecule has 1 heterocycles. The van der Waals surface area contributed by atoms with Crippen LogP contribution in [0.15, 0.2) is 18.2 Å². The number of rotatable bonds is 4. The maximum atomic E-state index is 6.03. The molecule has 1 aromatic heterocycles. The van der Waals surface area contributed by atoms with Crippen LogP contribution in [0.1, 0.15) is 18.3 Å². The highest BCUT2D eigenvalue weighted by Crippen LogP contribution is 2.23. The molecule has 0 unspecified atom stereocenters. The zero-order valence-electron chi connectivity index (χ0n) is 9.03. The molecule has 2 rings (SSSR count). The maximum absolute atomic E-state index is 6.03. The van der Waals surface area contributed by atoms with Gasteiger partial charge in [0, 0.05) is 13.7 Å². The lowest BCUT2D eigenvalue weighted by atomic mass is 10.2. The predicted octanol–water partition coefficient (Wildman–Crippen LogP) is 2.25. The summed E-state index contributed by atoms with van der Waals surface area (Å²) in [5.41, 5.74) is 7.66. The van der Waals surface area contributed by atoms with E-state index in [0.717, 1.165) is 23.3 Å². The van der Waals surface area contributed by atoms with Gasteiger partial charge in [0.1, 0.15) is 11.3 Å². The molecule has 0 saturated heterocycles. The number of H-pyrrole nitrogens is 1. The van der Waals surface area contributed by atoms with Crippen molar-refractivity contribution in [2.75, 3.05) is 13.7 Å². The molecule has 0 spiro atoms. The van der Waals surface area contributed by atoms with Gasteiger partial charge in [0.2, 0.25) is 0 Å². The van der Waals surface area contributed by atoms with Crippen molar-refractivity contribution in [3.63, 3.8) is 0 Å². The monoisotopic (exact) mass is 239 g/mol. The van der Waals surface area contributed by atoms with Crippen molar-refractivity contribution in [2.24, 2.45) is 5.73 Å². The van der Waals surface area contributed by atoms with E-state index in [4.69, 9.17) is 22.1 Å². The summed E-state index contributed by atoms with van der Waals surface area (Å²) in [6.07, 6.45) is 0.730. The maximum Gasteiger partial charge on any atom is 0.124 e. The van der Waals surface area contributed by atoms with Crippen LogP contribution in [0.2, 0.25) is 5.02 Å². The predicted molar refractivity (Wildman–Crippen MR) is 64.5 cm³/mol. The normalized spacial score (nSPS) is 13.2. The molecule has 0 saturated carbocycles. The molecule has 2 aromatic rings. The highest BCUT2D eigenvalue weighted by molar-refractivity contribution is 6.34. The molecule has 0 aliphatic rings. The molecule has 5 heteroatoms. The third-order valence-electron chi connectivity index (χ3n) is 2.47. The van der Waals surface area contributed by atoms with Gasteiger partial charge in [-0.2, -0.15) is 0 Å². The molecule has 0 aliphatic carbocycles. The molecule has 3 N–H and O–H groups in total. The van der Waals surface area contributed by atoms with Crippen LogP contribution < -0.4 is 5.73 Å². The van der Waals surface area contributed by atoms with Gasteiger partial charge in [0.15, 0.2) is 0 Å². The number of hydrogen-bond acceptors (Lipinski definition) is 3. The Kier molecular flexibility index (Phi) is 3.43. The number of methoxy groups -OCH3 is 1. The topological polar surface area (TPSA) is 63.9 Å². The number of aromatic amines is 1. The summed E-state index contributed by atoms with van der Waals surface area (Å²) < 4.78 is 4.98. The van der Waals surface area contributed by atoms with Gasteiger partial charge in [-0.3, -0.25) is 0 Å². The molecule has 0 bridgehead atoms. The number of imidazole rings is 1. The summed E-state index contributed by atoms with van der Waals surface area (Å²) in [5.74, 6) is 0.750. The zero-order chi connectivity index (χ0) is 11.5. The summed E-state index contributed by atoms with van der Waals surface area (Å²) in [5, 5.41) is 0.638. The number of nitrogens with two attached hydrogens (primary N) is 1. The van der Waals surface area contributed by atoms with Gasteiger partial charge >= 0.3 is 0 Å². The van der Waals surface area contributed by atoms with E-state index in [0.29, 0.717) is 11.6 Å². The smallest absolute Gasteiger partial charge is 0.124 e. The molecule has 16 heavy (non-hydrogen) atoms. The quantitative estimate of drug-likeness (QED) is 0.860. The molecule has 0 radical (unpaired) electrons. The lowest BCUT2D eigenvalue weighted by molar-refractivity contribution is 0.187. The fourth-order valence-corrected chi connectivity index (χ4v) is 1.79. The van der Waals surface area contributed by atoms with Crippen LogP contribution in [0.5, 0.6) is 0 Å². The Hall–Kier alpha value is -1.10. The minimum absolute atomic E-state index is 0.150. The number of halogens is 1. The Morgan fingerprint density at radius 1 is 1.56 bits per heavy atom. The second-order valence-electron chi connectivity index (χ2n) is 3.65. The van der Waals surface area contributed by atoms with Crippen molar-refractivity contribution in [3.05, 3.63) is 29.0 Å². The summed E-state index contributed by atoms with van der Waals surface area (Å²) in [6, 6.07) is 5.48. The van der Waals surface area contributed by atoms with Crippen molar-refractivity contribution in [1.29, 1.82) is 0 Å². The number of ether oxygens (including phenoxy) is 1. The van der Waals surface area contributed by atoms with E-state index in [1.165, 1.54) is 0 Å². The SMILES string of the molecule is COCC[C@H](N)c1nc2c(Cl)cccc2[nH]1. The summed E-state index contributed by atoms with van der Waals surface area (Å²) in [4.78, 5) is 7.57. The number of para-hydroxylation sites is 1. The first-order valence-corrected chi connectivity index (χ1v) is 5.49. The van der Waals surface area contributed by atoms with E-state index in [-0.39, 0.29) is 6.04 Å². The van der Waals surface area contributed by atoms with Gasteiger partial charge in [-0.1, -0.05) is 17.7 Å². The van der Waals surface area contributed by atoms with Gasteiger partial charge in [0.25, 0.3) is 0 Å². The highest BCUT2D eigenvalue weighted by atomic mass is 35.5. The lowest BCUT2D eigenvalue weighted by Crippen LogP contribution is -2.14. The number of fused-ring (bicyclic) bond motifs is 1. The number of nitrogens with one attached hydrogen (secondary N) is 1. The third kappa shape index (κ3) is 2.19. The van der Waals surface area contributed by atoms with E-state index in [2.05, 4.69) is 9.97 Å². The minimum atomic E-state index is -0.150. The Morgan fingerprint density at radius 3 is 3.06 bits per heavy atom. The zero-order valence-corrected chi connectivity index (χ0v) is 9.79. The van der Waals surface area contributed by atoms with Crippen molar-refractivity contribution in [3.8, 4) is 0 Å². The second-order valence-corrected chi connectivity index (χ2v) is 4.05. The fourth-order valence-electron chi connectivity index (χ4n) is 1.57. The highest BCUT2D eigenvalue weighted by Gasteiger charge is 2.12. The molecule has 0 amide bonds. The number of benzene rings is 1. The van der Waals surface area contributed by atoms with Gasteiger partial charge in [-0.05, 0) is 18.6 Å². The van der Waals surface area contributed by atoms with Gasteiger partial charge in [-0.15, -0.1) is 0 Å². The molecule has 4 nitrogen and oxygen atoms in total. The van der Waals surface area contributed by atoms with Crippen LogP contribution in [0.25, 0.3) is 11.0 Å². The van der Waals surface area contributed by atoms with E-state index in [9.17, 15) is 0 Å². The van der Waals surface area contributed by atoms with Gasteiger partial charge in [0.05, 0.1) is 16.6 Å². The second kappa shape index (κ2) is 4.82. The van der Waals surface area contributed by atoms with Crippen LogP contribution in [-0.4, -0.2) is 23.7 Å². The van der Waals surface area contributed by atoms with Crippen molar-refractivity contribution < 1.29 is 4.74 Å². The first-order valence-electron chi connectivity index (χ1n) is 5.11. The van der Waals surface area contributed by atoms with Crippen LogP contribution >= 0.6 is 11.6 Å². The summed E-state index contributed by atoms with van der Waals surface area (Å²) in [6.45, 7) is 0.617. The number of aromatic nitrogens is 2. The van der Waals surface area contributed by atoms with Crippen molar-refractivity contribution >= 4 is 22.6 Å². The van der Waals surface area contributed by atoms with E-state index in [1.807, 2.05) is 18.2 Å². The standard InChI is InChI=1S/C11H14ClN3O/c1-16-6-5-8(13)11-14-9-4-2-3-7(12)10(9)15-11/h2-4,8H,5-6,13H2,1H3,(H,14,15)/t8-/m0/s1. The van der Waals surface area contributed by atoms with Crippen LogP contribution in [0, 0.1) is 0 Å². The summed E-state index contributed by atoms with van der Waals surface area (Å²) >= 11 is 6.03. The number of nitrogens with zero attached hydrogens (tertiary/aromatic N) is 1. The van der Waals surface area contributed by atoms with Gasteiger partial charge < -0.3 is 15.5 Å². The van der Waals surface area contributed by atoms with E-state index in [1.54, 1.807) is 7.11 Å². The molecular weight excluding hydrogens is 226 g/mol. The molecule has 1 aromatic carbocycles. The Bertz CT molecular complexity index is 483. The molecule has 1 atom stereocenters. The average molecular weight is 240 g/mol. The molecule has 86 valence electrons. The van der Waals surface area contributed by atoms with E-state index >= 15 is 0 Å².